The number of carbonyl (C=O) groups excluding carboxylic acids is 3. The number of carbonyl (C=O) groups is 3. The smallest absolute Gasteiger partial charge is 0.338 e. The van der Waals surface area contributed by atoms with E-state index in [0.717, 1.165) is 31.5 Å². The highest BCUT2D eigenvalue weighted by molar-refractivity contribution is 5.91. The van der Waals surface area contributed by atoms with E-state index in [1.54, 1.807) is 29.2 Å². The molecule has 1 aromatic carbocycles. The Morgan fingerprint density at radius 2 is 1.77 bits per heavy atom. The fourth-order valence-electron chi connectivity index (χ4n) is 2.25. The van der Waals surface area contributed by atoms with Crippen LogP contribution < -0.4 is 5.32 Å². The first-order valence-electron chi connectivity index (χ1n) is 7.34. The van der Waals surface area contributed by atoms with Crippen molar-refractivity contribution in [1.82, 2.24) is 10.2 Å². The van der Waals surface area contributed by atoms with Gasteiger partial charge in [0.1, 0.15) is 0 Å². The monoisotopic (exact) mass is 304 g/mol. The Bertz CT molecular complexity index is 548. The van der Waals surface area contributed by atoms with Gasteiger partial charge in [-0.2, -0.15) is 0 Å². The van der Waals surface area contributed by atoms with Gasteiger partial charge < -0.3 is 15.0 Å². The number of amides is 2. The van der Waals surface area contributed by atoms with E-state index >= 15 is 0 Å². The van der Waals surface area contributed by atoms with Crippen LogP contribution in [0.2, 0.25) is 0 Å². The Balaban J connectivity index is 1.81. The van der Waals surface area contributed by atoms with Crippen LogP contribution in [-0.4, -0.2) is 42.4 Å². The van der Waals surface area contributed by atoms with E-state index in [9.17, 15) is 14.4 Å². The van der Waals surface area contributed by atoms with E-state index in [1.165, 1.54) is 6.92 Å². The third-order valence-corrected chi connectivity index (χ3v) is 3.52. The van der Waals surface area contributed by atoms with Crippen molar-refractivity contribution < 1.29 is 19.1 Å². The summed E-state index contributed by atoms with van der Waals surface area (Å²) in [5.74, 6) is -0.768. The van der Waals surface area contributed by atoms with E-state index in [0.29, 0.717) is 12.1 Å². The van der Waals surface area contributed by atoms with Crippen molar-refractivity contribution >= 4 is 17.8 Å². The van der Waals surface area contributed by atoms with E-state index in [-0.39, 0.29) is 18.4 Å². The van der Waals surface area contributed by atoms with Crippen molar-refractivity contribution in [2.75, 3.05) is 19.7 Å². The van der Waals surface area contributed by atoms with Crippen molar-refractivity contribution in [3.8, 4) is 0 Å². The van der Waals surface area contributed by atoms with Gasteiger partial charge in [-0.05, 0) is 30.5 Å². The number of hydrogen-bond acceptors (Lipinski definition) is 4. The Morgan fingerprint density at radius 3 is 2.36 bits per heavy atom. The van der Waals surface area contributed by atoms with Crippen LogP contribution in [-0.2, 0) is 20.9 Å². The molecule has 0 atom stereocenters. The Hall–Kier alpha value is -2.37. The average Bonchev–Trinajstić information content (AvgIpc) is 3.05. The molecule has 0 aromatic heterocycles. The summed E-state index contributed by atoms with van der Waals surface area (Å²) in [5, 5.41) is 2.68. The maximum Gasteiger partial charge on any atom is 0.338 e. The van der Waals surface area contributed by atoms with Gasteiger partial charge in [0.05, 0.1) is 5.56 Å². The maximum atomic E-state index is 11.9. The lowest BCUT2D eigenvalue weighted by Crippen LogP contribution is -2.32. The Labute approximate surface area is 129 Å². The highest BCUT2D eigenvalue weighted by atomic mass is 16.5. The molecule has 1 N–H and O–H groups in total. The van der Waals surface area contributed by atoms with Crippen LogP contribution in [0.3, 0.4) is 0 Å². The van der Waals surface area contributed by atoms with Crippen LogP contribution in [0.15, 0.2) is 24.3 Å². The van der Waals surface area contributed by atoms with Crippen LogP contribution in [0.25, 0.3) is 0 Å². The third-order valence-electron chi connectivity index (χ3n) is 3.52. The van der Waals surface area contributed by atoms with Gasteiger partial charge in [-0.15, -0.1) is 0 Å². The predicted molar refractivity (Wildman–Crippen MR) is 80.1 cm³/mol. The molecule has 6 heteroatoms. The normalized spacial score (nSPS) is 13.8. The van der Waals surface area contributed by atoms with Gasteiger partial charge in [0.2, 0.25) is 5.91 Å². The molecule has 1 heterocycles. The lowest BCUT2D eigenvalue weighted by atomic mass is 10.1. The lowest BCUT2D eigenvalue weighted by Gasteiger charge is -2.14. The number of benzene rings is 1. The van der Waals surface area contributed by atoms with E-state index in [2.05, 4.69) is 5.32 Å². The fraction of sp³-hybridized carbons (Fsp3) is 0.438. The number of ether oxygens (including phenoxy) is 1. The van der Waals surface area contributed by atoms with Crippen LogP contribution >= 0.6 is 0 Å². The van der Waals surface area contributed by atoms with Gasteiger partial charge in [-0.25, -0.2) is 4.79 Å². The minimum atomic E-state index is -0.515. The quantitative estimate of drug-likeness (QED) is 0.827. The standard InChI is InChI=1S/C16H20N2O4/c1-12(19)17-10-13-4-6-14(7-5-13)16(21)22-11-15(20)18-8-2-3-9-18/h4-7H,2-3,8-11H2,1H3,(H,17,19). The molecule has 6 nitrogen and oxygen atoms in total. The predicted octanol–water partition coefficient (Wildman–Crippen LogP) is 1.10. The number of rotatable bonds is 5. The number of nitrogens with one attached hydrogen (secondary N) is 1. The van der Waals surface area contributed by atoms with Crippen molar-refractivity contribution in [3.05, 3.63) is 35.4 Å². The summed E-state index contributed by atoms with van der Waals surface area (Å²) in [4.78, 5) is 36.2. The first-order chi connectivity index (χ1) is 10.6. The second-order valence-corrected chi connectivity index (χ2v) is 5.27. The SMILES string of the molecule is CC(=O)NCc1ccc(C(=O)OCC(=O)N2CCCC2)cc1. The van der Waals surface area contributed by atoms with Crippen molar-refractivity contribution in [3.63, 3.8) is 0 Å². The second kappa shape index (κ2) is 7.59. The van der Waals surface area contributed by atoms with Crippen LogP contribution in [0.4, 0.5) is 0 Å². The number of likely N-dealkylation sites (tertiary alicyclic amines) is 1. The number of hydrogen-bond donors (Lipinski definition) is 1. The molecule has 0 spiro atoms. The highest BCUT2D eigenvalue weighted by Gasteiger charge is 2.19. The van der Waals surface area contributed by atoms with Crippen LogP contribution in [0.5, 0.6) is 0 Å². The Kier molecular flexibility index (Phi) is 5.52. The van der Waals surface area contributed by atoms with Gasteiger partial charge in [0.15, 0.2) is 6.61 Å². The van der Waals surface area contributed by atoms with Gasteiger partial charge in [0.25, 0.3) is 5.91 Å². The molecule has 1 saturated heterocycles. The molecule has 0 aliphatic carbocycles. The molecule has 2 amide bonds. The molecule has 118 valence electrons. The molecule has 1 aliphatic heterocycles. The maximum absolute atomic E-state index is 11.9. The minimum absolute atomic E-state index is 0.107. The summed E-state index contributed by atoms with van der Waals surface area (Å²) in [6.45, 7) is 3.14. The summed E-state index contributed by atoms with van der Waals surface area (Å²) >= 11 is 0. The molecule has 0 bridgehead atoms. The van der Waals surface area contributed by atoms with Crippen LogP contribution in [0, 0.1) is 0 Å². The van der Waals surface area contributed by atoms with Gasteiger partial charge in [-0.1, -0.05) is 12.1 Å². The largest absolute Gasteiger partial charge is 0.452 e. The minimum Gasteiger partial charge on any atom is -0.452 e. The molecule has 1 fully saturated rings. The van der Waals surface area contributed by atoms with Crippen molar-refractivity contribution in [2.45, 2.75) is 26.3 Å². The molecular weight excluding hydrogens is 284 g/mol. The lowest BCUT2D eigenvalue weighted by molar-refractivity contribution is -0.133. The summed E-state index contributed by atoms with van der Waals surface area (Å²) in [6.07, 6.45) is 2.02. The fourth-order valence-corrected chi connectivity index (χ4v) is 2.25. The molecular formula is C16H20N2O4. The Morgan fingerprint density at radius 1 is 1.14 bits per heavy atom. The van der Waals surface area contributed by atoms with E-state index in [1.807, 2.05) is 0 Å². The molecule has 2 rings (SSSR count). The van der Waals surface area contributed by atoms with E-state index < -0.39 is 5.97 Å². The van der Waals surface area contributed by atoms with Crippen LogP contribution in [0.1, 0.15) is 35.7 Å². The third kappa shape index (κ3) is 4.58. The topological polar surface area (TPSA) is 75.7 Å². The summed E-state index contributed by atoms with van der Waals surface area (Å²) in [7, 11) is 0. The summed E-state index contributed by atoms with van der Waals surface area (Å²) < 4.78 is 5.04. The highest BCUT2D eigenvalue weighted by Crippen LogP contribution is 2.09. The summed E-state index contributed by atoms with van der Waals surface area (Å²) in [6, 6.07) is 6.74. The van der Waals surface area contributed by atoms with Crippen molar-refractivity contribution in [2.24, 2.45) is 0 Å². The zero-order valence-corrected chi connectivity index (χ0v) is 12.6. The zero-order valence-electron chi connectivity index (χ0n) is 12.6. The van der Waals surface area contributed by atoms with Crippen molar-refractivity contribution in [1.29, 1.82) is 0 Å². The molecule has 1 aromatic rings. The molecule has 0 saturated carbocycles. The molecule has 1 aliphatic rings. The first kappa shape index (κ1) is 16.0. The second-order valence-electron chi connectivity index (χ2n) is 5.27. The van der Waals surface area contributed by atoms with E-state index in [4.69, 9.17) is 4.74 Å². The molecule has 0 unspecified atom stereocenters. The number of nitrogens with zero attached hydrogens (tertiary/aromatic N) is 1. The average molecular weight is 304 g/mol. The van der Waals surface area contributed by atoms with Gasteiger partial charge >= 0.3 is 5.97 Å². The molecule has 22 heavy (non-hydrogen) atoms. The zero-order chi connectivity index (χ0) is 15.9. The van der Waals surface area contributed by atoms with Gasteiger partial charge in [0, 0.05) is 26.6 Å². The first-order valence-corrected chi connectivity index (χ1v) is 7.34. The van der Waals surface area contributed by atoms with Gasteiger partial charge in [-0.3, -0.25) is 9.59 Å². The number of esters is 1. The molecule has 0 radical (unpaired) electrons. The summed E-state index contributed by atoms with van der Waals surface area (Å²) in [5.41, 5.74) is 1.28.